The Labute approximate surface area is 151 Å². The van der Waals surface area contributed by atoms with Crippen LogP contribution in [0.1, 0.15) is 17.9 Å². The molecule has 0 aliphatic rings. The van der Waals surface area contributed by atoms with Crippen molar-refractivity contribution in [2.45, 2.75) is 6.42 Å². The van der Waals surface area contributed by atoms with Crippen molar-refractivity contribution in [3.8, 4) is 11.5 Å². The molecule has 0 bridgehead atoms. The third kappa shape index (κ3) is 3.66. The maximum absolute atomic E-state index is 11.1. The molecule has 6 nitrogen and oxygen atoms in total. The van der Waals surface area contributed by atoms with Crippen molar-refractivity contribution in [3.05, 3.63) is 52.3 Å². The number of phenolic OH excluding ortho intramolecular Hbond substituents is 1. The van der Waals surface area contributed by atoms with Crippen LogP contribution in [0.2, 0.25) is 0 Å². The zero-order valence-corrected chi connectivity index (χ0v) is 14.7. The number of ether oxygens (including phenoxy) is 1. The van der Waals surface area contributed by atoms with Gasteiger partial charge in [0.05, 0.1) is 11.6 Å². The van der Waals surface area contributed by atoms with E-state index in [1.807, 2.05) is 6.07 Å². The molecule has 0 saturated carbocycles. The van der Waals surface area contributed by atoms with E-state index >= 15 is 0 Å². The van der Waals surface area contributed by atoms with Gasteiger partial charge in [0.2, 0.25) is 5.89 Å². The van der Waals surface area contributed by atoms with Gasteiger partial charge in [-0.25, -0.2) is 4.98 Å². The van der Waals surface area contributed by atoms with Crippen LogP contribution in [-0.4, -0.2) is 23.2 Å². The lowest BCUT2D eigenvalue weighted by molar-refractivity contribution is -0.304. The second-order valence-corrected chi connectivity index (χ2v) is 6.11. The van der Waals surface area contributed by atoms with E-state index in [9.17, 15) is 15.0 Å². The smallest absolute Gasteiger partial charge is 0.223 e. The quantitative estimate of drug-likeness (QED) is 0.704. The van der Waals surface area contributed by atoms with E-state index in [2.05, 4.69) is 20.9 Å². The average Bonchev–Trinajstić information content (AvgIpc) is 3.01. The first-order chi connectivity index (χ1) is 12.0. The van der Waals surface area contributed by atoms with E-state index in [1.165, 1.54) is 7.11 Å². The third-order valence-electron chi connectivity index (χ3n) is 3.51. The van der Waals surface area contributed by atoms with E-state index in [0.29, 0.717) is 26.7 Å². The molecule has 0 fully saturated rings. The van der Waals surface area contributed by atoms with Crippen molar-refractivity contribution in [1.29, 1.82) is 0 Å². The number of methoxy groups -OCH3 is 1. The number of carbonyl (C=O) groups excluding carboxylic acids is 1. The molecule has 0 spiro atoms. The number of nitrogens with zero attached hydrogens (tertiary/aromatic N) is 1. The van der Waals surface area contributed by atoms with Gasteiger partial charge in [-0.15, -0.1) is 0 Å². The summed E-state index contributed by atoms with van der Waals surface area (Å²) in [6.07, 6.45) is 1.24. The number of oxazole rings is 1. The molecule has 0 aliphatic carbocycles. The predicted octanol–water partition coefficient (Wildman–Crippen LogP) is 2.99. The number of hydrogen-bond donors (Lipinski definition) is 1. The van der Waals surface area contributed by atoms with Gasteiger partial charge in [-0.2, -0.15) is 0 Å². The zero-order chi connectivity index (χ0) is 18.0. The van der Waals surface area contributed by atoms with Crippen molar-refractivity contribution < 1.29 is 24.2 Å². The number of carboxylic acids is 1. The van der Waals surface area contributed by atoms with Crippen LogP contribution in [0.15, 0.2) is 45.3 Å². The molecule has 3 aromatic rings. The molecule has 0 unspecified atom stereocenters. The van der Waals surface area contributed by atoms with Crippen LogP contribution in [-0.2, 0) is 4.79 Å². The van der Waals surface area contributed by atoms with E-state index < -0.39 is 5.97 Å². The number of carboxylic acid groups (broad SMARTS) is 1. The Bertz CT molecular complexity index is 944. The van der Waals surface area contributed by atoms with Gasteiger partial charge < -0.3 is 24.2 Å². The summed E-state index contributed by atoms with van der Waals surface area (Å²) in [5.41, 5.74) is 2.15. The highest BCUT2D eigenvalue weighted by Crippen LogP contribution is 2.36. The van der Waals surface area contributed by atoms with Crippen LogP contribution in [0.25, 0.3) is 22.7 Å². The number of aromatic hydroxyl groups is 1. The summed E-state index contributed by atoms with van der Waals surface area (Å²) in [5.74, 6) is -0.833. The Hall–Kier alpha value is -2.80. The number of hydrogen-bond acceptors (Lipinski definition) is 6. The van der Waals surface area contributed by atoms with Gasteiger partial charge in [-0.3, -0.25) is 0 Å². The highest BCUT2D eigenvalue weighted by Gasteiger charge is 2.13. The highest BCUT2D eigenvalue weighted by molar-refractivity contribution is 9.10. The van der Waals surface area contributed by atoms with Gasteiger partial charge in [0.1, 0.15) is 5.52 Å². The van der Waals surface area contributed by atoms with Crippen molar-refractivity contribution >= 4 is 44.6 Å². The molecule has 0 radical (unpaired) electrons. The van der Waals surface area contributed by atoms with Crippen molar-refractivity contribution in [2.75, 3.05) is 7.11 Å². The largest absolute Gasteiger partial charge is 0.550 e. The minimum absolute atomic E-state index is 0.0389. The number of rotatable bonds is 5. The van der Waals surface area contributed by atoms with E-state index in [1.54, 1.807) is 36.4 Å². The molecule has 128 valence electrons. The highest BCUT2D eigenvalue weighted by atomic mass is 79.9. The first kappa shape index (κ1) is 17.0. The Morgan fingerprint density at radius 2 is 2.16 bits per heavy atom. The molecule has 3 rings (SSSR count). The fourth-order valence-electron chi connectivity index (χ4n) is 2.39. The first-order valence-corrected chi connectivity index (χ1v) is 8.10. The van der Waals surface area contributed by atoms with Crippen LogP contribution < -0.4 is 9.84 Å². The van der Waals surface area contributed by atoms with Crippen LogP contribution in [0.5, 0.6) is 11.5 Å². The minimum Gasteiger partial charge on any atom is -0.550 e. The summed E-state index contributed by atoms with van der Waals surface area (Å²) in [5, 5.41) is 21.0. The van der Waals surface area contributed by atoms with Gasteiger partial charge in [-0.1, -0.05) is 12.1 Å². The lowest BCUT2D eigenvalue weighted by Gasteiger charge is -2.09. The summed E-state index contributed by atoms with van der Waals surface area (Å²) in [6.45, 7) is 0. The van der Waals surface area contributed by atoms with Gasteiger partial charge in [0, 0.05) is 18.0 Å². The van der Waals surface area contributed by atoms with Crippen LogP contribution in [0.4, 0.5) is 0 Å². The average molecular weight is 403 g/mol. The second-order valence-electron chi connectivity index (χ2n) is 5.26. The number of aromatic nitrogens is 1. The second kappa shape index (κ2) is 6.98. The molecule has 7 heteroatoms. The Balaban J connectivity index is 2.10. The van der Waals surface area contributed by atoms with Gasteiger partial charge in [0.15, 0.2) is 17.1 Å². The zero-order valence-electron chi connectivity index (χ0n) is 13.2. The SMILES string of the molecule is COc1cc(/C=C(\CC(=O)[O-])c2nc3ccccc3o2)cc(Br)c1O. The van der Waals surface area contributed by atoms with Gasteiger partial charge in [-0.05, 0) is 51.8 Å². The Morgan fingerprint density at radius 1 is 1.40 bits per heavy atom. The Kier molecular flexibility index (Phi) is 4.76. The number of phenols is 1. The monoisotopic (exact) mass is 402 g/mol. The Morgan fingerprint density at radius 3 is 2.84 bits per heavy atom. The molecule has 0 amide bonds. The van der Waals surface area contributed by atoms with E-state index in [0.717, 1.165) is 0 Å². The number of para-hydroxylation sites is 2. The first-order valence-electron chi connectivity index (χ1n) is 7.31. The topological polar surface area (TPSA) is 95.6 Å². The van der Waals surface area contributed by atoms with Gasteiger partial charge in [0.25, 0.3) is 0 Å². The number of benzene rings is 2. The van der Waals surface area contributed by atoms with E-state index in [-0.39, 0.29) is 23.8 Å². The predicted molar refractivity (Wildman–Crippen MR) is 93.9 cm³/mol. The van der Waals surface area contributed by atoms with Crippen LogP contribution in [0.3, 0.4) is 0 Å². The lowest BCUT2D eigenvalue weighted by Crippen LogP contribution is -2.22. The minimum atomic E-state index is -1.25. The molecule has 0 atom stereocenters. The van der Waals surface area contributed by atoms with E-state index in [4.69, 9.17) is 9.15 Å². The molecule has 0 saturated heterocycles. The fourth-order valence-corrected chi connectivity index (χ4v) is 2.85. The van der Waals surface area contributed by atoms with Crippen molar-refractivity contribution in [3.63, 3.8) is 0 Å². The molecular weight excluding hydrogens is 390 g/mol. The van der Waals surface area contributed by atoms with Crippen LogP contribution in [0, 0.1) is 0 Å². The summed E-state index contributed by atoms with van der Waals surface area (Å²) in [4.78, 5) is 15.5. The maximum Gasteiger partial charge on any atom is 0.223 e. The lowest BCUT2D eigenvalue weighted by atomic mass is 10.1. The standard InChI is InChI=1S/C18H14BrNO5/c1-24-15-8-10(7-12(19)17(15)23)6-11(9-16(21)22)18-20-13-4-2-3-5-14(13)25-18/h2-8,23H,9H2,1H3,(H,21,22)/p-1/b11-6+. The van der Waals surface area contributed by atoms with Gasteiger partial charge >= 0.3 is 0 Å². The molecule has 25 heavy (non-hydrogen) atoms. The number of carbonyl (C=O) groups is 1. The molecular formula is C18H13BrNO5-. The van der Waals surface area contributed by atoms with Crippen LogP contribution >= 0.6 is 15.9 Å². The molecule has 1 aromatic heterocycles. The summed E-state index contributed by atoms with van der Waals surface area (Å²) >= 11 is 3.24. The summed E-state index contributed by atoms with van der Waals surface area (Å²) < 4.78 is 11.2. The molecule has 1 N–H and O–H groups in total. The number of halogens is 1. The third-order valence-corrected chi connectivity index (χ3v) is 4.12. The molecule has 1 heterocycles. The van der Waals surface area contributed by atoms with Crippen molar-refractivity contribution in [1.82, 2.24) is 4.98 Å². The fraction of sp³-hybridized carbons (Fsp3) is 0.111. The number of aliphatic carboxylic acids is 1. The maximum atomic E-state index is 11.1. The number of fused-ring (bicyclic) bond motifs is 1. The van der Waals surface area contributed by atoms with Crippen molar-refractivity contribution in [2.24, 2.45) is 0 Å². The molecule has 2 aromatic carbocycles. The summed E-state index contributed by atoms with van der Waals surface area (Å²) in [7, 11) is 1.43. The normalized spacial score (nSPS) is 11.7. The summed E-state index contributed by atoms with van der Waals surface area (Å²) in [6, 6.07) is 10.4. The molecule has 0 aliphatic heterocycles.